The quantitative estimate of drug-likeness (QED) is 0.679. The van der Waals surface area contributed by atoms with Gasteiger partial charge >= 0.3 is 5.97 Å². The van der Waals surface area contributed by atoms with Crippen LogP contribution in [0.3, 0.4) is 0 Å². The number of hydrogen-bond donors (Lipinski definition) is 1. The molecular weight excluding hydrogens is 268 g/mol. The van der Waals surface area contributed by atoms with Gasteiger partial charge in [0.2, 0.25) is 5.91 Å². The van der Waals surface area contributed by atoms with Gasteiger partial charge in [-0.1, -0.05) is 25.1 Å². The number of carbonyl (C=O) groups excluding carboxylic acids is 2. The number of ether oxygens (including phenoxy) is 1. The molecule has 0 aliphatic carbocycles. The van der Waals surface area contributed by atoms with Crippen LogP contribution in [0.5, 0.6) is 0 Å². The summed E-state index contributed by atoms with van der Waals surface area (Å²) >= 11 is 4.92. The third-order valence-corrected chi connectivity index (χ3v) is 2.39. The molecule has 5 nitrogen and oxygen atoms in total. The Hall–Kier alpha value is -1.59. The highest BCUT2D eigenvalue weighted by Gasteiger charge is 2.06. The maximum Gasteiger partial charge on any atom is 0.320 e. The van der Waals surface area contributed by atoms with Crippen molar-refractivity contribution in [3.63, 3.8) is 0 Å². The molecule has 106 valence electrons. The Morgan fingerprint density at radius 1 is 1.32 bits per heavy atom. The Morgan fingerprint density at radius 2 is 1.89 bits per heavy atom. The molecule has 1 rings (SSSR count). The van der Waals surface area contributed by atoms with Gasteiger partial charge in [-0.2, -0.15) is 0 Å². The van der Waals surface area contributed by atoms with Crippen LogP contribution >= 0.6 is 11.8 Å². The van der Waals surface area contributed by atoms with Gasteiger partial charge in [-0.25, -0.2) is 4.84 Å². The number of rotatable bonds is 4. The minimum absolute atomic E-state index is 0.0536. The zero-order chi connectivity index (χ0) is 14.7. The summed E-state index contributed by atoms with van der Waals surface area (Å²) in [6.07, 6.45) is 0.547. The van der Waals surface area contributed by atoms with Gasteiger partial charge in [0.1, 0.15) is 6.54 Å². The fourth-order valence-electron chi connectivity index (χ4n) is 1.16. The monoisotopic (exact) mass is 286 g/mol. The highest BCUT2D eigenvalue weighted by Crippen LogP contribution is 2.11. The average Bonchev–Trinajstić information content (AvgIpc) is 2.47. The number of nitrogens with one attached hydrogen (secondary N) is 1. The summed E-state index contributed by atoms with van der Waals surface area (Å²) in [6.45, 7) is 1.92. The number of methoxy groups -OCH3 is 1. The molecule has 0 radical (unpaired) electrons. The Balaban J connectivity index is 0.000000399. The number of halogens is 1. The summed E-state index contributed by atoms with van der Waals surface area (Å²) in [7, 11) is 3.09. The van der Waals surface area contributed by atoms with Gasteiger partial charge in [0.05, 0.1) is 7.11 Å². The molecule has 1 N–H and O–H groups in total. The molecule has 0 spiro atoms. The van der Waals surface area contributed by atoms with E-state index >= 15 is 0 Å². The number of nitrogens with zero attached hydrogens (tertiary/aromatic N) is 1. The maximum absolute atomic E-state index is 11.2. The molecule has 1 aromatic carbocycles. The number of amides is 1. The molecule has 0 unspecified atom stereocenters. The van der Waals surface area contributed by atoms with E-state index in [-0.39, 0.29) is 18.4 Å². The van der Waals surface area contributed by atoms with Gasteiger partial charge in [-0.3, -0.25) is 9.59 Å². The van der Waals surface area contributed by atoms with Crippen LogP contribution in [0.15, 0.2) is 30.3 Å². The van der Waals surface area contributed by atoms with Gasteiger partial charge < -0.3 is 9.64 Å². The van der Waals surface area contributed by atoms with Crippen molar-refractivity contribution in [1.29, 1.82) is 0 Å². The predicted molar refractivity (Wildman–Crippen MR) is 76.0 cm³/mol. The second kappa shape index (κ2) is 10.3. The Kier molecular flexibility index (Phi) is 9.48. The second-order valence-corrected chi connectivity index (χ2v) is 3.80. The Bertz CT molecular complexity index is 385. The van der Waals surface area contributed by atoms with Crippen LogP contribution in [0.1, 0.15) is 13.3 Å². The van der Waals surface area contributed by atoms with E-state index in [1.807, 2.05) is 37.3 Å². The number of hydrogen-bond acceptors (Lipinski definition) is 4. The van der Waals surface area contributed by atoms with Gasteiger partial charge in [-0.05, 0) is 23.9 Å². The van der Waals surface area contributed by atoms with E-state index in [1.165, 1.54) is 7.11 Å². The normalized spacial score (nSPS) is 9.05. The minimum Gasteiger partial charge on any atom is -0.468 e. The molecule has 1 amide bonds. The largest absolute Gasteiger partial charge is 0.468 e. The van der Waals surface area contributed by atoms with Crippen molar-refractivity contribution in [3.8, 4) is 0 Å². The third-order valence-electron chi connectivity index (χ3n) is 2.26. The van der Waals surface area contributed by atoms with Gasteiger partial charge in [-0.15, -0.1) is 0 Å². The van der Waals surface area contributed by atoms with Crippen LogP contribution in [0, 0.1) is 0 Å². The highest BCUT2D eigenvalue weighted by molar-refractivity contribution is 6.14. The first-order valence-corrected chi connectivity index (χ1v) is 6.16. The summed E-state index contributed by atoms with van der Waals surface area (Å²) in [5.41, 5.74) is 0.948. The number of benzene rings is 1. The van der Waals surface area contributed by atoms with Crippen molar-refractivity contribution >= 4 is 29.3 Å². The van der Waals surface area contributed by atoms with E-state index in [4.69, 9.17) is 11.8 Å². The highest BCUT2D eigenvalue weighted by atomic mass is 35.5. The zero-order valence-corrected chi connectivity index (χ0v) is 12.1. The molecular formula is C13H19ClN2O3. The van der Waals surface area contributed by atoms with Crippen LogP contribution in [0.4, 0.5) is 5.69 Å². The number of para-hydroxylation sites is 1. The molecule has 19 heavy (non-hydrogen) atoms. The smallest absolute Gasteiger partial charge is 0.320 e. The van der Waals surface area contributed by atoms with E-state index in [9.17, 15) is 9.59 Å². The Labute approximate surface area is 118 Å². The van der Waals surface area contributed by atoms with Crippen LogP contribution in [0.2, 0.25) is 0 Å². The molecule has 0 heterocycles. The molecule has 1 aromatic rings. The van der Waals surface area contributed by atoms with E-state index in [0.29, 0.717) is 6.42 Å². The molecule has 0 aliphatic heterocycles. The SMILES string of the molecule is CCC(=O)N(C)c1ccccc1.COC(=O)CNCl. The Morgan fingerprint density at radius 3 is 2.26 bits per heavy atom. The topological polar surface area (TPSA) is 58.6 Å². The lowest BCUT2D eigenvalue weighted by molar-refractivity contribution is -0.139. The van der Waals surface area contributed by atoms with Crippen molar-refractivity contribution in [2.75, 3.05) is 25.6 Å². The van der Waals surface area contributed by atoms with Gasteiger partial charge in [0, 0.05) is 19.2 Å². The molecule has 0 aliphatic rings. The third kappa shape index (κ3) is 7.43. The lowest BCUT2D eigenvalue weighted by Crippen LogP contribution is -2.24. The van der Waals surface area contributed by atoms with E-state index in [0.717, 1.165) is 5.69 Å². The number of carbonyl (C=O) groups is 2. The second-order valence-electron chi connectivity index (χ2n) is 3.53. The molecule has 0 fully saturated rings. The van der Waals surface area contributed by atoms with Crippen LogP contribution in [-0.2, 0) is 14.3 Å². The summed E-state index contributed by atoms with van der Waals surface area (Å²) in [5, 5.41) is 0. The molecule has 0 saturated carbocycles. The van der Waals surface area contributed by atoms with Crippen molar-refractivity contribution in [1.82, 2.24) is 4.84 Å². The minimum atomic E-state index is -0.366. The average molecular weight is 287 g/mol. The zero-order valence-electron chi connectivity index (χ0n) is 11.4. The van der Waals surface area contributed by atoms with E-state index in [1.54, 1.807) is 11.9 Å². The van der Waals surface area contributed by atoms with Crippen LogP contribution < -0.4 is 9.74 Å². The lowest BCUT2D eigenvalue weighted by atomic mass is 10.3. The van der Waals surface area contributed by atoms with Crippen molar-refractivity contribution in [2.24, 2.45) is 0 Å². The summed E-state index contributed by atoms with van der Waals surface area (Å²) in [6, 6.07) is 9.64. The number of esters is 1. The first-order valence-electron chi connectivity index (χ1n) is 5.78. The van der Waals surface area contributed by atoms with Crippen LogP contribution in [-0.4, -0.2) is 32.6 Å². The maximum atomic E-state index is 11.2. The number of anilines is 1. The molecule has 0 atom stereocenters. The van der Waals surface area contributed by atoms with Crippen molar-refractivity contribution in [3.05, 3.63) is 30.3 Å². The van der Waals surface area contributed by atoms with E-state index < -0.39 is 0 Å². The van der Waals surface area contributed by atoms with Crippen molar-refractivity contribution in [2.45, 2.75) is 13.3 Å². The summed E-state index contributed by atoms with van der Waals surface area (Å²) in [5.74, 6) is -0.226. The van der Waals surface area contributed by atoms with E-state index in [2.05, 4.69) is 9.57 Å². The molecule has 0 aromatic heterocycles. The fraction of sp³-hybridized carbons (Fsp3) is 0.385. The first-order chi connectivity index (χ1) is 9.06. The summed E-state index contributed by atoms with van der Waals surface area (Å²) < 4.78 is 4.20. The lowest BCUT2D eigenvalue weighted by Gasteiger charge is -2.15. The van der Waals surface area contributed by atoms with Crippen molar-refractivity contribution < 1.29 is 14.3 Å². The summed E-state index contributed by atoms with van der Waals surface area (Å²) in [4.78, 5) is 25.1. The first kappa shape index (κ1) is 17.4. The van der Waals surface area contributed by atoms with Gasteiger partial charge in [0.25, 0.3) is 0 Å². The predicted octanol–water partition coefficient (Wildman–Crippen LogP) is 1.96. The van der Waals surface area contributed by atoms with Crippen LogP contribution in [0.25, 0.3) is 0 Å². The molecule has 0 saturated heterocycles. The fourth-order valence-corrected chi connectivity index (χ4v) is 1.27. The molecule has 0 bridgehead atoms. The van der Waals surface area contributed by atoms with Gasteiger partial charge in [0.15, 0.2) is 0 Å². The molecule has 6 heteroatoms. The standard InChI is InChI=1S/C10H13NO.C3H6ClNO2/c1-3-10(12)11(2)9-7-5-4-6-8-9;1-7-3(6)2-5-4/h4-8H,3H2,1-2H3;5H,2H2,1H3.